The first-order chi connectivity index (χ1) is 7.16. The minimum absolute atomic E-state index is 0.00176. The Balaban J connectivity index is 1.76. The van der Waals surface area contributed by atoms with E-state index in [1.54, 1.807) is 0 Å². The molecule has 2 aliphatic heterocycles. The van der Waals surface area contributed by atoms with Crippen molar-refractivity contribution in [2.24, 2.45) is 0 Å². The standard InChI is InChI=1S/C11H20F2N2/c12-11(13)7-10(14-9-11)8-15-5-3-1-2-4-6-15/h10,14H,1-9H2. The lowest BCUT2D eigenvalue weighted by Gasteiger charge is -2.23. The summed E-state index contributed by atoms with van der Waals surface area (Å²) in [5.41, 5.74) is 0. The predicted molar refractivity (Wildman–Crippen MR) is 56.3 cm³/mol. The van der Waals surface area contributed by atoms with Gasteiger partial charge in [-0.25, -0.2) is 8.78 Å². The molecule has 2 fully saturated rings. The zero-order chi connectivity index (χ0) is 10.7. The molecule has 0 aliphatic carbocycles. The van der Waals surface area contributed by atoms with Gasteiger partial charge in [-0.1, -0.05) is 12.8 Å². The van der Waals surface area contributed by atoms with Crippen LogP contribution in [0.2, 0.25) is 0 Å². The normalized spacial score (nSPS) is 32.8. The molecule has 0 amide bonds. The predicted octanol–water partition coefficient (Wildman–Crippen LogP) is 1.86. The van der Waals surface area contributed by atoms with Crippen LogP contribution in [0.1, 0.15) is 32.1 Å². The van der Waals surface area contributed by atoms with Crippen molar-refractivity contribution < 1.29 is 8.78 Å². The Morgan fingerprint density at radius 2 is 1.80 bits per heavy atom. The molecule has 1 atom stereocenters. The van der Waals surface area contributed by atoms with E-state index < -0.39 is 5.92 Å². The Hall–Kier alpha value is -0.220. The first-order valence-electron chi connectivity index (χ1n) is 5.99. The van der Waals surface area contributed by atoms with Crippen LogP contribution in [0.4, 0.5) is 8.78 Å². The van der Waals surface area contributed by atoms with Crippen LogP contribution in [0, 0.1) is 0 Å². The molecule has 2 heterocycles. The van der Waals surface area contributed by atoms with Gasteiger partial charge in [0.1, 0.15) is 0 Å². The zero-order valence-corrected chi connectivity index (χ0v) is 9.14. The van der Waals surface area contributed by atoms with Crippen LogP contribution in [-0.2, 0) is 0 Å². The molecule has 0 aromatic heterocycles. The van der Waals surface area contributed by atoms with E-state index in [-0.39, 0.29) is 19.0 Å². The van der Waals surface area contributed by atoms with E-state index in [2.05, 4.69) is 10.2 Å². The molecule has 2 saturated heterocycles. The number of halogens is 2. The van der Waals surface area contributed by atoms with Crippen LogP contribution < -0.4 is 5.32 Å². The average Bonchev–Trinajstić information content (AvgIpc) is 2.41. The number of alkyl halides is 2. The third-order valence-electron chi connectivity index (χ3n) is 3.37. The van der Waals surface area contributed by atoms with E-state index in [1.165, 1.54) is 25.7 Å². The SMILES string of the molecule is FC1(F)CNC(CN2CCCCCC2)C1. The molecule has 0 bridgehead atoms. The molecule has 0 aromatic rings. The van der Waals surface area contributed by atoms with Crippen molar-refractivity contribution >= 4 is 0 Å². The van der Waals surface area contributed by atoms with Crippen molar-refractivity contribution in [1.82, 2.24) is 10.2 Å². The highest BCUT2D eigenvalue weighted by molar-refractivity contribution is 4.89. The molecular weight excluding hydrogens is 198 g/mol. The summed E-state index contributed by atoms with van der Waals surface area (Å²) in [5, 5.41) is 2.92. The Morgan fingerprint density at radius 3 is 2.33 bits per heavy atom. The minimum Gasteiger partial charge on any atom is -0.307 e. The second-order valence-corrected chi connectivity index (χ2v) is 4.85. The molecule has 4 heteroatoms. The van der Waals surface area contributed by atoms with Crippen LogP contribution >= 0.6 is 0 Å². The second-order valence-electron chi connectivity index (χ2n) is 4.85. The van der Waals surface area contributed by atoms with Crippen LogP contribution in [0.5, 0.6) is 0 Å². The molecule has 15 heavy (non-hydrogen) atoms. The van der Waals surface area contributed by atoms with Gasteiger partial charge in [-0.05, 0) is 25.9 Å². The lowest BCUT2D eigenvalue weighted by molar-refractivity contribution is 0.0200. The van der Waals surface area contributed by atoms with Crippen LogP contribution in [-0.4, -0.2) is 43.0 Å². The van der Waals surface area contributed by atoms with Crippen molar-refractivity contribution in [2.75, 3.05) is 26.2 Å². The highest BCUT2D eigenvalue weighted by Gasteiger charge is 2.39. The maximum Gasteiger partial charge on any atom is 0.261 e. The summed E-state index contributed by atoms with van der Waals surface area (Å²) >= 11 is 0. The summed E-state index contributed by atoms with van der Waals surface area (Å²) < 4.78 is 25.9. The number of hydrogen-bond acceptors (Lipinski definition) is 2. The largest absolute Gasteiger partial charge is 0.307 e. The van der Waals surface area contributed by atoms with Gasteiger partial charge in [0.05, 0.1) is 6.54 Å². The van der Waals surface area contributed by atoms with Gasteiger partial charge in [0.15, 0.2) is 0 Å². The molecule has 0 spiro atoms. The third kappa shape index (κ3) is 3.38. The highest BCUT2D eigenvalue weighted by Crippen LogP contribution is 2.25. The van der Waals surface area contributed by atoms with E-state index in [9.17, 15) is 8.78 Å². The van der Waals surface area contributed by atoms with Gasteiger partial charge in [0.2, 0.25) is 0 Å². The van der Waals surface area contributed by atoms with E-state index in [1.807, 2.05) is 0 Å². The van der Waals surface area contributed by atoms with Gasteiger partial charge in [-0.3, -0.25) is 0 Å². The van der Waals surface area contributed by atoms with Crippen molar-refractivity contribution in [2.45, 2.75) is 44.1 Å². The summed E-state index contributed by atoms with van der Waals surface area (Å²) in [6.07, 6.45) is 5.06. The number of rotatable bonds is 2. The molecular formula is C11H20F2N2. The molecule has 2 aliphatic rings. The fourth-order valence-electron chi connectivity index (χ4n) is 2.56. The van der Waals surface area contributed by atoms with Crippen LogP contribution in [0.3, 0.4) is 0 Å². The average molecular weight is 218 g/mol. The quantitative estimate of drug-likeness (QED) is 0.761. The topological polar surface area (TPSA) is 15.3 Å². The number of nitrogens with zero attached hydrogens (tertiary/aromatic N) is 1. The van der Waals surface area contributed by atoms with Gasteiger partial charge in [-0.2, -0.15) is 0 Å². The Bertz CT molecular complexity index is 198. The first-order valence-corrected chi connectivity index (χ1v) is 5.99. The summed E-state index contributed by atoms with van der Waals surface area (Å²) in [4.78, 5) is 2.34. The van der Waals surface area contributed by atoms with Gasteiger partial charge in [0.25, 0.3) is 5.92 Å². The van der Waals surface area contributed by atoms with E-state index >= 15 is 0 Å². The van der Waals surface area contributed by atoms with Crippen molar-refractivity contribution in [3.05, 3.63) is 0 Å². The monoisotopic (exact) mass is 218 g/mol. The number of nitrogens with one attached hydrogen (secondary N) is 1. The van der Waals surface area contributed by atoms with Crippen LogP contribution in [0.25, 0.3) is 0 Å². The minimum atomic E-state index is -2.48. The van der Waals surface area contributed by atoms with Gasteiger partial charge in [0, 0.05) is 19.0 Å². The maximum absolute atomic E-state index is 12.9. The highest BCUT2D eigenvalue weighted by atomic mass is 19.3. The summed E-state index contributed by atoms with van der Waals surface area (Å²) in [5.74, 6) is -2.48. The number of hydrogen-bond donors (Lipinski definition) is 1. The smallest absolute Gasteiger partial charge is 0.261 e. The molecule has 1 N–H and O–H groups in total. The molecule has 2 rings (SSSR count). The molecule has 1 unspecified atom stereocenters. The molecule has 0 aromatic carbocycles. The second kappa shape index (κ2) is 4.74. The molecule has 0 radical (unpaired) electrons. The Morgan fingerprint density at radius 1 is 1.13 bits per heavy atom. The summed E-state index contributed by atoms with van der Waals surface area (Å²) in [6, 6.07) is -0.00176. The lowest BCUT2D eigenvalue weighted by atomic mass is 10.2. The fourth-order valence-corrected chi connectivity index (χ4v) is 2.56. The molecule has 2 nitrogen and oxygen atoms in total. The van der Waals surface area contributed by atoms with E-state index in [0.717, 1.165) is 19.6 Å². The van der Waals surface area contributed by atoms with E-state index in [4.69, 9.17) is 0 Å². The Labute approximate surface area is 90.0 Å². The van der Waals surface area contributed by atoms with Crippen LogP contribution in [0.15, 0.2) is 0 Å². The van der Waals surface area contributed by atoms with Crippen molar-refractivity contribution in [1.29, 1.82) is 0 Å². The van der Waals surface area contributed by atoms with E-state index in [0.29, 0.717) is 0 Å². The Kier molecular flexibility index (Phi) is 3.57. The summed E-state index contributed by atoms with van der Waals surface area (Å²) in [6.45, 7) is 2.84. The zero-order valence-electron chi connectivity index (χ0n) is 9.14. The fraction of sp³-hybridized carbons (Fsp3) is 1.00. The molecule has 88 valence electrons. The van der Waals surface area contributed by atoms with Crippen molar-refractivity contribution in [3.8, 4) is 0 Å². The molecule has 0 saturated carbocycles. The number of likely N-dealkylation sites (tertiary alicyclic amines) is 1. The van der Waals surface area contributed by atoms with Gasteiger partial charge in [-0.15, -0.1) is 0 Å². The lowest BCUT2D eigenvalue weighted by Crippen LogP contribution is -2.37. The third-order valence-corrected chi connectivity index (χ3v) is 3.37. The maximum atomic E-state index is 12.9. The van der Waals surface area contributed by atoms with Gasteiger partial charge < -0.3 is 10.2 Å². The first kappa shape index (κ1) is 11.3. The summed E-state index contributed by atoms with van der Waals surface area (Å²) in [7, 11) is 0. The van der Waals surface area contributed by atoms with Crippen molar-refractivity contribution in [3.63, 3.8) is 0 Å². The van der Waals surface area contributed by atoms with Gasteiger partial charge >= 0.3 is 0 Å².